The van der Waals surface area contributed by atoms with Gasteiger partial charge in [0.25, 0.3) is 0 Å². The van der Waals surface area contributed by atoms with E-state index in [0.29, 0.717) is 36.0 Å². The van der Waals surface area contributed by atoms with E-state index < -0.39 is 10.0 Å². The molecule has 3 aromatic rings. The molecule has 0 saturated carbocycles. The van der Waals surface area contributed by atoms with Gasteiger partial charge in [-0.05, 0) is 48.5 Å². The molecule has 0 spiro atoms. The van der Waals surface area contributed by atoms with Crippen molar-refractivity contribution in [3.8, 4) is 17.6 Å². The molecule has 0 radical (unpaired) electrons. The average molecular weight is 442 g/mol. The van der Waals surface area contributed by atoms with E-state index in [1.54, 1.807) is 43.5 Å². The summed E-state index contributed by atoms with van der Waals surface area (Å²) in [6.45, 7) is 2.49. The highest BCUT2D eigenvalue weighted by atomic mass is 35.5. The van der Waals surface area contributed by atoms with E-state index in [0.717, 1.165) is 5.69 Å². The number of likely N-dealkylation sites (N-methyl/N-ethyl adjacent to an activating group) is 1. The molecule has 0 atom stereocenters. The topological polar surface area (TPSA) is 83.3 Å². The van der Waals surface area contributed by atoms with E-state index in [2.05, 4.69) is 4.98 Å². The predicted molar refractivity (Wildman–Crippen MR) is 115 cm³/mol. The number of rotatable bonds is 8. The van der Waals surface area contributed by atoms with Crippen LogP contribution >= 0.6 is 11.6 Å². The van der Waals surface area contributed by atoms with E-state index in [-0.39, 0.29) is 10.5 Å². The number of aromatic nitrogens is 1. The third-order valence-electron chi connectivity index (χ3n) is 4.47. The van der Waals surface area contributed by atoms with Gasteiger partial charge in [0.1, 0.15) is 23.1 Å². The third-order valence-corrected chi connectivity index (χ3v) is 6.78. The van der Waals surface area contributed by atoms with Crippen LogP contribution in [-0.2, 0) is 16.4 Å². The molecule has 0 fully saturated rings. The molecule has 6 nitrogen and oxygen atoms in total. The standard InChI is InChI=1S/C22H20ClN3O3S/c1-2-26(15-13-17-6-3-4-14-25-17)30(27,28)19-11-9-18(10-12-19)29-22-8-5-7-21(23)20(22)16-24/h3-12,14H,2,13,15H2,1H3. The highest BCUT2D eigenvalue weighted by Gasteiger charge is 2.23. The Labute approximate surface area is 181 Å². The van der Waals surface area contributed by atoms with Crippen molar-refractivity contribution in [3.05, 3.63) is 83.1 Å². The Morgan fingerprint density at radius 1 is 1.10 bits per heavy atom. The maximum Gasteiger partial charge on any atom is 0.243 e. The number of hydrogen-bond acceptors (Lipinski definition) is 5. The summed E-state index contributed by atoms with van der Waals surface area (Å²) in [6, 6.07) is 18.6. The summed E-state index contributed by atoms with van der Waals surface area (Å²) in [5.41, 5.74) is 1.06. The highest BCUT2D eigenvalue weighted by Crippen LogP contribution is 2.30. The number of benzene rings is 2. The lowest BCUT2D eigenvalue weighted by Crippen LogP contribution is -2.32. The number of nitriles is 1. The van der Waals surface area contributed by atoms with Crippen molar-refractivity contribution in [1.82, 2.24) is 9.29 Å². The minimum absolute atomic E-state index is 0.171. The lowest BCUT2D eigenvalue weighted by molar-refractivity contribution is 0.429. The zero-order valence-corrected chi connectivity index (χ0v) is 17.9. The third kappa shape index (κ3) is 4.97. The molecule has 0 N–H and O–H groups in total. The van der Waals surface area contributed by atoms with Crippen LogP contribution in [0.5, 0.6) is 11.5 Å². The summed E-state index contributed by atoms with van der Waals surface area (Å²) in [5, 5.41) is 9.54. The molecule has 1 aromatic heterocycles. The van der Waals surface area contributed by atoms with Gasteiger partial charge >= 0.3 is 0 Å². The fourth-order valence-electron chi connectivity index (χ4n) is 2.89. The fraction of sp³-hybridized carbons (Fsp3) is 0.182. The van der Waals surface area contributed by atoms with Crippen molar-refractivity contribution < 1.29 is 13.2 Å². The van der Waals surface area contributed by atoms with Crippen LogP contribution in [0.3, 0.4) is 0 Å². The van der Waals surface area contributed by atoms with Gasteiger partial charge < -0.3 is 4.74 Å². The van der Waals surface area contributed by atoms with E-state index in [4.69, 9.17) is 16.3 Å². The van der Waals surface area contributed by atoms with Gasteiger partial charge in [-0.15, -0.1) is 0 Å². The van der Waals surface area contributed by atoms with Gasteiger partial charge in [-0.25, -0.2) is 8.42 Å². The monoisotopic (exact) mass is 441 g/mol. The number of nitrogens with zero attached hydrogens (tertiary/aromatic N) is 3. The van der Waals surface area contributed by atoms with E-state index in [1.165, 1.54) is 16.4 Å². The molecular formula is C22H20ClN3O3S. The van der Waals surface area contributed by atoms with Crippen molar-refractivity contribution in [1.29, 1.82) is 5.26 Å². The SMILES string of the molecule is CCN(CCc1ccccn1)S(=O)(=O)c1ccc(Oc2cccc(Cl)c2C#N)cc1. The van der Waals surface area contributed by atoms with Crippen molar-refractivity contribution in [2.24, 2.45) is 0 Å². The molecular weight excluding hydrogens is 422 g/mol. The van der Waals surface area contributed by atoms with Gasteiger partial charge in [0.15, 0.2) is 0 Å². The Kier molecular flexibility index (Phi) is 7.06. The molecule has 3 rings (SSSR count). The molecule has 0 aliphatic rings. The first kappa shape index (κ1) is 21.8. The molecule has 2 aromatic carbocycles. The van der Waals surface area contributed by atoms with Crippen molar-refractivity contribution in [2.45, 2.75) is 18.2 Å². The Bertz CT molecular complexity index is 1140. The summed E-state index contributed by atoms with van der Waals surface area (Å²) in [5.74, 6) is 0.718. The zero-order chi connectivity index (χ0) is 21.6. The number of ether oxygens (including phenoxy) is 1. The first-order valence-corrected chi connectivity index (χ1v) is 11.1. The van der Waals surface area contributed by atoms with E-state index >= 15 is 0 Å². The van der Waals surface area contributed by atoms with Crippen LogP contribution in [0.25, 0.3) is 0 Å². The minimum Gasteiger partial charge on any atom is -0.456 e. The van der Waals surface area contributed by atoms with Crippen molar-refractivity contribution in [3.63, 3.8) is 0 Å². The average Bonchev–Trinajstić information content (AvgIpc) is 2.75. The molecule has 0 aliphatic carbocycles. The van der Waals surface area contributed by atoms with Gasteiger partial charge in [0.2, 0.25) is 10.0 Å². The summed E-state index contributed by atoms with van der Waals surface area (Å²) in [4.78, 5) is 4.41. The van der Waals surface area contributed by atoms with Crippen LogP contribution in [0.4, 0.5) is 0 Å². The lowest BCUT2D eigenvalue weighted by Gasteiger charge is -2.20. The Morgan fingerprint density at radius 2 is 1.87 bits per heavy atom. The molecule has 0 bridgehead atoms. The fourth-order valence-corrected chi connectivity index (χ4v) is 4.54. The van der Waals surface area contributed by atoms with Crippen LogP contribution in [-0.4, -0.2) is 30.8 Å². The van der Waals surface area contributed by atoms with E-state index in [1.807, 2.05) is 24.3 Å². The Balaban J connectivity index is 1.75. The molecule has 0 amide bonds. The number of halogens is 1. The molecule has 0 saturated heterocycles. The largest absolute Gasteiger partial charge is 0.456 e. The van der Waals surface area contributed by atoms with Gasteiger partial charge in [-0.3, -0.25) is 4.98 Å². The van der Waals surface area contributed by atoms with Crippen molar-refractivity contribution in [2.75, 3.05) is 13.1 Å². The lowest BCUT2D eigenvalue weighted by atomic mass is 10.2. The number of sulfonamides is 1. The number of pyridine rings is 1. The van der Waals surface area contributed by atoms with Crippen molar-refractivity contribution >= 4 is 21.6 Å². The van der Waals surface area contributed by atoms with Crippen LogP contribution in [0.15, 0.2) is 71.8 Å². The number of hydrogen-bond donors (Lipinski definition) is 0. The van der Waals surface area contributed by atoms with Crippen LogP contribution in [0.1, 0.15) is 18.2 Å². The second kappa shape index (κ2) is 9.72. The quantitative estimate of drug-likeness (QED) is 0.508. The maximum absolute atomic E-state index is 13.0. The first-order chi connectivity index (χ1) is 14.5. The second-order valence-corrected chi connectivity index (χ2v) is 8.71. The zero-order valence-electron chi connectivity index (χ0n) is 16.3. The molecule has 30 heavy (non-hydrogen) atoms. The summed E-state index contributed by atoms with van der Waals surface area (Å²) >= 11 is 6.01. The summed E-state index contributed by atoms with van der Waals surface area (Å²) in [6.07, 6.45) is 2.22. The molecule has 154 valence electrons. The second-order valence-electron chi connectivity index (χ2n) is 6.37. The highest BCUT2D eigenvalue weighted by molar-refractivity contribution is 7.89. The van der Waals surface area contributed by atoms with Gasteiger partial charge in [0.05, 0.1) is 9.92 Å². The maximum atomic E-state index is 13.0. The Morgan fingerprint density at radius 3 is 2.50 bits per heavy atom. The van der Waals surface area contributed by atoms with Crippen LogP contribution < -0.4 is 4.74 Å². The molecule has 1 heterocycles. The van der Waals surface area contributed by atoms with Crippen LogP contribution in [0, 0.1) is 11.3 Å². The normalized spacial score (nSPS) is 11.3. The minimum atomic E-state index is -3.65. The molecule has 0 aliphatic heterocycles. The van der Waals surface area contributed by atoms with Gasteiger partial charge in [-0.1, -0.05) is 30.7 Å². The van der Waals surface area contributed by atoms with E-state index in [9.17, 15) is 13.7 Å². The smallest absolute Gasteiger partial charge is 0.243 e. The molecule has 0 unspecified atom stereocenters. The van der Waals surface area contributed by atoms with Gasteiger partial charge in [0, 0.05) is 31.4 Å². The van der Waals surface area contributed by atoms with Gasteiger partial charge in [-0.2, -0.15) is 9.57 Å². The first-order valence-electron chi connectivity index (χ1n) is 9.32. The van der Waals surface area contributed by atoms with Crippen LogP contribution in [0.2, 0.25) is 5.02 Å². The molecule has 8 heteroatoms. The Hall–Kier alpha value is -2.92. The predicted octanol–water partition coefficient (Wildman–Crippen LogP) is 4.65. The summed E-state index contributed by atoms with van der Waals surface area (Å²) < 4.78 is 33.1. The summed E-state index contributed by atoms with van der Waals surface area (Å²) in [7, 11) is -3.65.